The highest BCUT2D eigenvalue weighted by Gasteiger charge is 2.37. The number of aromatic nitrogens is 1. The second kappa shape index (κ2) is 15.2. The van der Waals surface area contributed by atoms with Gasteiger partial charge in [-0.1, -0.05) is 32.3 Å². The van der Waals surface area contributed by atoms with E-state index in [9.17, 15) is 14.7 Å². The lowest BCUT2D eigenvalue weighted by molar-refractivity contribution is -0.148. The molecule has 1 saturated carbocycles. The zero-order chi connectivity index (χ0) is 30.8. The smallest absolute Gasteiger partial charge is 0.302 e. The van der Waals surface area contributed by atoms with Crippen LogP contribution in [0.2, 0.25) is 0 Å². The molecule has 0 bridgehead atoms. The van der Waals surface area contributed by atoms with Gasteiger partial charge in [0.25, 0.3) is 0 Å². The molecule has 0 saturated heterocycles. The van der Waals surface area contributed by atoms with Crippen LogP contribution in [0.15, 0.2) is 52.7 Å². The van der Waals surface area contributed by atoms with Crippen LogP contribution >= 0.6 is 0 Å². The monoisotopic (exact) mass is 589 g/mol. The van der Waals surface area contributed by atoms with Gasteiger partial charge in [-0.05, 0) is 103 Å². The van der Waals surface area contributed by atoms with Gasteiger partial charge in [0, 0.05) is 32.2 Å². The average Bonchev–Trinajstić information content (AvgIpc) is 3.64. The van der Waals surface area contributed by atoms with Crippen LogP contribution in [0.4, 0.5) is 5.82 Å². The van der Waals surface area contributed by atoms with E-state index in [2.05, 4.69) is 29.2 Å². The Bertz CT molecular complexity index is 1330. The summed E-state index contributed by atoms with van der Waals surface area (Å²) in [5, 5.41) is 9.82. The number of phenolic OH excluding ortho intramolecular Hbond substituents is 1. The van der Waals surface area contributed by atoms with Gasteiger partial charge in [0.05, 0.1) is 13.7 Å². The van der Waals surface area contributed by atoms with Crippen molar-refractivity contribution in [3.63, 3.8) is 0 Å². The van der Waals surface area contributed by atoms with E-state index in [0.29, 0.717) is 36.7 Å². The number of anilines is 1. The Morgan fingerprint density at radius 2 is 1.93 bits per heavy atom. The van der Waals surface area contributed by atoms with Gasteiger partial charge in [0.2, 0.25) is 0 Å². The van der Waals surface area contributed by atoms with Crippen LogP contribution < -0.4 is 10.5 Å². The number of carbonyl (C=O) groups excluding carboxylic acids is 2. The number of phenols is 1. The van der Waals surface area contributed by atoms with Gasteiger partial charge in [-0.15, -0.1) is 0 Å². The van der Waals surface area contributed by atoms with Gasteiger partial charge in [0.1, 0.15) is 17.7 Å². The highest BCUT2D eigenvalue weighted by Crippen LogP contribution is 2.47. The van der Waals surface area contributed by atoms with E-state index in [1.165, 1.54) is 43.6 Å². The van der Waals surface area contributed by atoms with Crippen molar-refractivity contribution in [2.75, 3.05) is 19.4 Å². The van der Waals surface area contributed by atoms with Crippen molar-refractivity contribution in [1.82, 2.24) is 4.98 Å². The fourth-order valence-electron chi connectivity index (χ4n) is 6.77. The van der Waals surface area contributed by atoms with Crippen molar-refractivity contribution in [2.45, 2.75) is 102 Å². The number of aliphatic imine (C=N–C) groups is 1. The standard InChI is InChI=1S/C35H47N3O5/c1-4-25(8-11-31(43-24(2)39)20-30(40)10-7-26-9-12-32(41)33(18-26)42-3)17-27-22-37-23-28(27)21-35(14-5-6-15-35)29-13-16-38-34(36)19-29/h9,12-13,16,18-19,22,25,31,41H,4-8,10-11,14-15,17,20-21,23H2,1-3H3,(H2,36,38)/t25-,31-/m1/s1. The fraction of sp³-hybridized carbons (Fsp3) is 0.543. The van der Waals surface area contributed by atoms with Gasteiger partial charge in [-0.2, -0.15) is 0 Å². The van der Waals surface area contributed by atoms with Gasteiger partial charge in [-0.3, -0.25) is 14.6 Å². The quantitative estimate of drug-likeness (QED) is 0.209. The molecule has 43 heavy (non-hydrogen) atoms. The number of aryl methyl sites for hydroxylation is 1. The maximum absolute atomic E-state index is 12.9. The van der Waals surface area contributed by atoms with Crippen molar-refractivity contribution >= 4 is 23.8 Å². The van der Waals surface area contributed by atoms with Crippen LogP contribution in [-0.4, -0.2) is 47.8 Å². The number of pyridine rings is 1. The molecule has 1 aliphatic carbocycles. The molecule has 0 amide bonds. The lowest BCUT2D eigenvalue weighted by Crippen LogP contribution is -2.24. The van der Waals surface area contributed by atoms with Crippen LogP contribution in [0, 0.1) is 5.92 Å². The Kier molecular flexibility index (Phi) is 11.4. The van der Waals surface area contributed by atoms with Crippen molar-refractivity contribution in [1.29, 1.82) is 0 Å². The first-order chi connectivity index (χ1) is 20.7. The molecular weight excluding hydrogens is 542 g/mol. The fourth-order valence-corrected chi connectivity index (χ4v) is 6.77. The molecule has 8 nitrogen and oxygen atoms in total. The predicted molar refractivity (Wildman–Crippen MR) is 170 cm³/mol. The number of nitrogen functional groups attached to an aromatic ring is 1. The molecule has 0 radical (unpaired) electrons. The summed E-state index contributed by atoms with van der Waals surface area (Å²) >= 11 is 0. The summed E-state index contributed by atoms with van der Waals surface area (Å²) < 4.78 is 10.8. The lowest BCUT2D eigenvalue weighted by atomic mass is 9.73. The lowest BCUT2D eigenvalue weighted by Gasteiger charge is -2.31. The Hall–Kier alpha value is -3.68. The van der Waals surface area contributed by atoms with E-state index < -0.39 is 6.10 Å². The van der Waals surface area contributed by atoms with Crippen LogP contribution in [0.25, 0.3) is 0 Å². The Morgan fingerprint density at radius 3 is 2.63 bits per heavy atom. The largest absolute Gasteiger partial charge is 0.504 e. The second-order valence-electron chi connectivity index (χ2n) is 12.3. The number of methoxy groups -OCH3 is 1. The molecule has 2 atom stereocenters. The molecule has 2 aliphatic rings. The predicted octanol–water partition coefficient (Wildman–Crippen LogP) is 6.68. The first-order valence-electron chi connectivity index (χ1n) is 15.7. The van der Waals surface area contributed by atoms with E-state index in [4.69, 9.17) is 15.2 Å². The maximum Gasteiger partial charge on any atom is 0.302 e. The maximum atomic E-state index is 12.9. The molecule has 0 spiro atoms. The van der Waals surface area contributed by atoms with Crippen LogP contribution in [0.5, 0.6) is 11.5 Å². The van der Waals surface area contributed by atoms with Gasteiger partial charge < -0.3 is 20.3 Å². The van der Waals surface area contributed by atoms with Crippen LogP contribution in [0.3, 0.4) is 0 Å². The van der Waals surface area contributed by atoms with Crippen LogP contribution in [0.1, 0.15) is 95.6 Å². The van der Waals surface area contributed by atoms with Crippen molar-refractivity contribution < 1.29 is 24.2 Å². The summed E-state index contributed by atoms with van der Waals surface area (Å²) in [7, 11) is 1.50. The number of rotatable bonds is 16. The Morgan fingerprint density at radius 1 is 1.14 bits per heavy atom. The van der Waals surface area contributed by atoms with Gasteiger partial charge >= 0.3 is 5.97 Å². The number of hydrogen-bond donors (Lipinski definition) is 2. The molecule has 232 valence electrons. The summed E-state index contributed by atoms with van der Waals surface area (Å²) in [6.45, 7) is 4.36. The molecule has 1 aromatic heterocycles. The average molecular weight is 590 g/mol. The molecule has 0 unspecified atom stereocenters. The summed E-state index contributed by atoms with van der Waals surface area (Å²) in [5.74, 6) is 1.14. The van der Waals surface area contributed by atoms with Gasteiger partial charge in [0.15, 0.2) is 11.5 Å². The van der Waals surface area contributed by atoms with Crippen LogP contribution in [-0.2, 0) is 26.2 Å². The first-order valence-corrected chi connectivity index (χ1v) is 15.7. The number of aromatic hydroxyl groups is 1. The molecule has 2 aromatic rings. The number of ketones is 1. The third-order valence-electron chi connectivity index (χ3n) is 9.20. The minimum absolute atomic E-state index is 0.0536. The summed E-state index contributed by atoms with van der Waals surface area (Å²) in [4.78, 5) is 33.7. The number of nitrogens with zero attached hydrogens (tertiary/aromatic N) is 2. The molecule has 1 aliphatic heterocycles. The summed E-state index contributed by atoms with van der Waals surface area (Å²) in [6, 6.07) is 9.29. The summed E-state index contributed by atoms with van der Waals surface area (Å²) in [6.07, 6.45) is 13.7. The third-order valence-corrected chi connectivity index (χ3v) is 9.20. The molecule has 8 heteroatoms. The zero-order valence-corrected chi connectivity index (χ0v) is 25.9. The van der Waals surface area contributed by atoms with E-state index in [1.807, 2.05) is 12.3 Å². The third kappa shape index (κ3) is 8.91. The second-order valence-corrected chi connectivity index (χ2v) is 12.3. The molecule has 1 fully saturated rings. The van der Waals surface area contributed by atoms with E-state index in [-0.39, 0.29) is 29.3 Å². The van der Waals surface area contributed by atoms with Gasteiger partial charge in [-0.25, -0.2) is 4.98 Å². The Labute approximate surface area is 255 Å². The van der Waals surface area contributed by atoms with Crippen molar-refractivity contribution in [3.8, 4) is 11.5 Å². The van der Waals surface area contributed by atoms with E-state index in [1.54, 1.807) is 18.2 Å². The number of ether oxygens (including phenoxy) is 2. The number of Topliss-reactive ketones (excluding diaryl/α,β-unsaturated/α-hetero) is 1. The van der Waals surface area contributed by atoms with Crippen molar-refractivity contribution in [2.24, 2.45) is 10.9 Å². The Balaban J connectivity index is 1.36. The highest BCUT2D eigenvalue weighted by atomic mass is 16.5. The molecule has 1 aromatic carbocycles. The van der Waals surface area contributed by atoms with Crippen molar-refractivity contribution in [3.05, 3.63) is 58.8 Å². The number of benzene rings is 1. The van der Waals surface area contributed by atoms with E-state index >= 15 is 0 Å². The summed E-state index contributed by atoms with van der Waals surface area (Å²) in [5.41, 5.74) is 11.1. The first kappa shape index (κ1) is 32.2. The normalized spacial score (nSPS) is 17.2. The molecule has 2 heterocycles. The minimum atomic E-state index is -0.432. The zero-order valence-electron chi connectivity index (χ0n) is 25.9. The number of allylic oxidation sites excluding steroid dienone is 1. The highest BCUT2D eigenvalue weighted by molar-refractivity contribution is 5.82. The van der Waals surface area contributed by atoms with E-state index in [0.717, 1.165) is 50.6 Å². The molecule has 3 N–H and O–H groups in total. The SMILES string of the molecule is CC[C@H](CC[C@H](CC(=O)CCc1ccc(O)c(OC)c1)OC(C)=O)CC1=C(CC2(c3ccnc(N)c3)CCCC2)CN=C1. The molecular formula is C35H47N3O5. The topological polar surface area (TPSA) is 124 Å². The number of nitrogens with two attached hydrogens (primary N) is 1. The minimum Gasteiger partial charge on any atom is -0.504 e. The number of hydrogen-bond acceptors (Lipinski definition) is 8. The molecule has 4 rings (SSSR count). The number of carbonyl (C=O) groups is 2. The number of esters is 1.